The van der Waals surface area contributed by atoms with Crippen LogP contribution >= 0.6 is 0 Å². The molecule has 0 aliphatic carbocycles. The Morgan fingerprint density at radius 1 is 1.44 bits per heavy atom. The molecule has 2 amide bonds. The van der Waals surface area contributed by atoms with E-state index in [0.29, 0.717) is 19.0 Å². The Kier molecular flexibility index (Phi) is 5.23. The van der Waals surface area contributed by atoms with Gasteiger partial charge in [-0.15, -0.1) is 0 Å². The number of likely N-dealkylation sites (tertiary alicyclic amines) is 1. The number of nitrogens with zero attached hydrogens (tertiary/aromatic N) is 3. The number of carbonyl (C=O) groups is 1. The molecule has 3 heterocycles. The Bertz CT molecular complexity index is 729. The molecule has 134 valence electrons. The maximum Gasteiger partial charge on any atom is 0.323 e. The molecule has 0 radical (unpaired) electrons. The third-order valence-electron chi connectivity index (χ3n) is 4.31. The van der Waals surface area contributed by atoms with Crippen LogP contribution in [0.2, 0.25) is 0 Å². The van der Waals surface area contributed by atoms with Crippen molar-refractivity contribution in [1.82, 2.24) is 9.88 Å². The van der Waals surface area contributed by atoms with Gasteiger partial charge in [-0.25, -0.2) is 9.78 Å². The number of pyridine rings is 1. The average Bonchev–Trinajstić information content (AvgIpc) is 3.24. The van der Waals surface area contributed by atoms with Gasteiger partial charge in [0, 0.05) is 45.7 Å². The van der Waals surface area contributed by atoms with Gasteiger partial charge in [0.1, 0.15) is 23.9 Å². The Hall–Kier alpha value is -2.54. The number of anilines is 2. The van der Waals surface area contributed by atoms with E-state index in [9.17, 15) is 4.79 Å². The van der Waals surface area contributed by atoms with E-state index in [0.717, 1.165) is 30.0 Å². The number of carbonyl (C=O) groups excluding carboxylic acids is 1. The first kappa shape index (κ1) is 17.3. The second kappa shape index (κ2) is 7.57. The third-order valence-corrected chi connectivity index (χ3v) is 4.31. The third kappa shape index (κ3) is 3.93. The molecule has 7 nitrogen and oxygen atoms in total. The molecule has 1 atom stereocenters. The summed E-state index contributed by atoms with van der Waals surface area (Å²) in [5, 5.41) is 2.89. The number of rotatable bonds is 5. The van der Waals surface area contributed by atoms with E-state index in [1.807, 2.05) is 43.3 Å². The van der Waals surface area contributed by atoms with Crippen LogP contribution in [-0.2, 0) is 11.3 Å². The summed E-state index contributed by atoms with van der Waals surface area (Å²) in [6.45, 7) is 1.13. The van der Waals surface area contributed by atoms with Gasteiger partial charge in [0.05, 0.1) is 6.04 Å². The molecule has 0 saturated carbocycles. The van der Waals surface area contributed by atoms with Crippen LogP contribution in [0, 0.1) is 0 Å². The maximum absolute atomic E-state index is 12.7. The van der Waals surface area contributed by atoms with Gasteiger partial charge in [-0.2, -0.15) is 0 Å². The van der Waals surface area contributed by atoms with E-state index in [2.05, 4.69) is 10.3 Å². The summed E-state index contributed by atoms with van der Waals surface area (Å²) in [5.74, 6) is 2.11. The van der Waals surface area contributed by atoms with E-state index < -0.39 is 0 Å². The molecular weight excluding hydrogens is 320 g/mol. The van der Waals surface area contributed by atoms with Gasteiger partial charge in [0.25, 0.3) is 0 Å². The Labute approximate surface area is 147 Å². The molecule has 1 aliphatic heterocycles. The van der Waals surface area contributed by atoms with Crippen LogP contribution in [0.3, 0.4) is 0 Å². The number of hydrogen-bond acceptors (Lipinski definition) is 5. The molecule has 2 aromatic rings. The molecule has 0 spiro atoms. The van der Waals surface area contributed by atoms with Crippen molar-refractivity contribution in [3.63, 3.8) is 0 Å². The van der Waals surface area contributed by atoms with E-state index in [-0.39, 0.29) is 12.1 Å². The monoisotopic (exact) mass is 344 g/mol. The highest BCUT2D eigenvalue weighted by molar-refractivity contribution is 5.89. The minimum Gasteiger partial charge on any atom is -0.461 e. The fourth-order valence-corrected chi connectivity index (χ4v) is 3.05. The molecule has 1 aliphatic rings. The molecule has 0 bridgehead atoms. The standard InChI is InChI=1S/C18H24N4O3/c1-21(2)13-8-9-19-17(11-13)20-18(23)22-10-4-5-15(22)16-7-6-14(25-16)12-24-3/h6-9,11,15H,4-5,10,12H2,1-3H3,(H,19,20,23)/t15-/m0/s1. The minimum atomic E-state index is -0.157. The normalized spacial score (nSPS) is 16.9. The molecule has 0 aromatic carbocycles. The van der Waals surface area contributed by atoms with Gasteiger partial charge in [-0.05, 0) is 31.0 Å². The average molecular weight is 344 g/mol. The van der Waals surface area contributed by atoms with Crippen molar-refractivity contribution in [2.75, 3.05) is 38.0 Å². The van der Waals surface area contributed by atoms with Crippen molar-refractivity contribution in [3.05, 3.63) is 42.0 Å². The molecular formula is C18H24N4O3. The van der Waals surface area contributed by atoms with Gasteiger partial charge in [-0.3, -0.25) is 5.32 Å². The highest BCUT2D eigenvalue weighted by Crippen LogP contribution is 2.33. The summed E-state index contributed by atoms with van der Waals surface area (Å²) in [6, 6.07) is 7.37. The van der Waals surface area contributed by atoms with Crippen LogP contribution in [0.1, 0.15) is 30.4 Å². The Morgan fingerprint density at radius 3 is 3.04 bits per heavy atom. The van der Waals surface area contributed by atoms with Crippen molar-refractivity contribution in [3.8, 4) is 0 Å². The van der Waals surface area contributed by atoms with Crippen LogP contribution in [0.25, 0.3) is 0 Å². The maximum atomic E-state index is 12.7. The second-order valence-electron chi connectivity index (χ2n) is 6.31. The van der Waals surface area contributed by atoms with Gasteiger partial charge < -0.3 is 19.0 Å². The lowest BCUT2D eigenvalue weighted by Gasteiger charge is -2.23. The largest absolute Gasteiger partial charge is 0.461 e. The molecule has 0 unspecified atom stereocenters. The fraction of sp³-hybridized carbons (Fsp3) is 0.444. The van der Waals surface area contributed by atoms with Crippen molar-refractivity contribution in [1.29, 1.82) is 0 Å². The van der Waals surface area contributed by atoms with E-state index in [1.165, 1.54) is 0 Å². The topological polar surface area (TPSA) is 70.8 Å². The summed E-state index contributed by atoms with van der Waals surface area (Å²) >= 11 is 0. The van der Waals surface area contributed by atoms with E-state index in [4.69, 9.17) is 9.15 Å². The van der Waals surface area contributed by atoms with E-state index >= 15 is 0 Å². The number of aromatic nitrogens is 1. The zero-order valence-corrected chi connectivity index (χ0v) is 14.9. The summed E-state index contributed by atoms with van der Waals surface area (Å²) in [4.78, 5) is 20.7. The predicted molar refractivity (Wildman–Crippen MR) is 95.7 cm³/mol. The lowest BCUT2D eigenvalue weighted by Crippen LogP contribution is -2.34. The summed E-state index contributed by atoms with van der Waals surface area (Å²) < 4.78 is 10.9. The van der Waals surface area contributed by atoms with Crippen LogP contribution < -0.4 is 10.2 Å². The zero-order valence-electron chi connectivity index (χ0n) is 14.9. The summed E-state index contributed by atoms with van der Waals surface area (Å²) in [5.41, 5.74) is 0.985. The number of hydrogen-bond donors (Lipinski definition) is 1. The molecule has 25 heavy (non-hydrogen) atoms. The van der Waals surface area contributed by atoms with Crippen LogP contribution in [-0.4, -0.2) is 43.7 Å². The van der Waals surface area contributed by atoms with Crippen molar-refractivity contribution >= 4 is 17.5 Å². The second-order valence-corrected chi connectivity index (χ2v) is 6.31. The SMILES string of the molecule is COCc1ccc([C@@H]2CCCN2C(=O)Nc2cc(N(C)C)ccn2)o1. The Morgan fingerprint density at radius 2 is 2.28 bits per heavy atom. The molecule has 7 heteroatoms. The first-order valence-electron chi connectivity index (χ1n) is 8.37. The highest BCUT2D eigenvalue weighted by atomic mass is 16.5. The molecule has 1 saturated heterocycles. The lowest BCUT2D eigenvalue weighted by atomic mass is 10.2. The Balaban J connectivity index is 1.71. The number of nitrogens with one attached hydrogen (secondary N) is 1. The van der Waals surface area contributed by atoms with Crippen LogP contribution in [0.4, 0.5) is 16.3 Å². The zero-order chi connectivity index (χ0) is 17.8. The van der Waals surface area contributed by atoms with Crippen LogP contribution in [0.5, 0.6) is 0 Å². The quantitative estimate of drug-likeness (QED) is 0.901. The smallest absolute Gasteiger partial charge is 0.323 e. The first-order chi connectivity index (χ1) is 12.1. The van der Waals surface area contributed by atoms with Crippen molar-refractivity contribution in [2.45, 2.75) is 25.5 Å². The number of ether oxygens (including phenoxy) is 1. The lowest BCUT2D eigenvalue weighted by molar-refractivity contribution is 0.157. The summed E-state index contributed by atoms with van der Waals surface area (Å²) in [6.07, 6.45) is 3.53. The van der Waals surface area contributed by atoms with Gasteiger partial charge in [-0.1, -0.05) is 0 Å². The molecule has 1 fully saturated rings. The van der Waals surface area contributed by atoms with Gasteiger partial charge in [0.15, 0.2) is 0 Å². The number of urea groups is 1. The molecule has 1 N–H and O–H groups in total. The van der Waals surface area contributed by atoms with E-state index in [1.54, 1.807) is 18.2 Å². The predicted octanol–water partition coefficient (Wildman–Crippen LogP) is 3.26. The van der Waals surface area contributed by atoms with Gasteiger partial charge >= 0.3 is 6.03 Å². The number of furan rings is 1. The molecule has 2 aromatic heterocycles. The molecule has 3 rings (SSSR count). The van der Waals surface area contributed by atoms with Gasteiger partial charge in [0.2, 0.25) is 0 Å². The van der Waals surface area contributed by atoms with Crippen LogP contribution in [0.15, 0.2) is 34.9 Å². The first-order valence-corrected chi connectivity index (χ1v) is 8.37. The minimum absolute atomic E-state index is 0.0531. The summed E-state index contributed by atoms with van der Waals surface area (Å²) in [7, 11) is 5.53. The highest BCUT2D eigenvalue weighted by Gasteiger charge is 2.32. The fourth-order valence-electron chi connectivity index (χ4n) is 3.05. The number of amides is 2. The number of methoxy groups -OCH3 is 1. The van der Waals surface area contributed by atoms with Crippen molar-refractivity contribution < 1.29 is 13.9 Å². The van der Waals surface area contributed by atoms with Crippen molar-refractivity contribution in [2.24, 2.45) is 0 Å².